The van der Waals surface area contributed by atoms with Crippen LogP contribution in [0, 0.1) is 0 Å². The van der Waals surface area contributed by atoms with Crippen LogP contribution in [0.3, 0.4) is 0 Å². The van der Waals surface area contributed by atoms with Gasteiger partial charge in [0.15, 0.2) is 11.6 Å². The molecular formula is C16H25IN6S. The minimum atomic E-state index is 0. The molecule has 6 nitrogen and oxygen atoms in total. The molecule has 24 heavy (non-hydrogen) atoms. The van der Waals surface area contributed by atoms with Gasteiger partial charge in [-0.2, -0.15) is 11.8 Å². The van der Waals surface area contributed by atoms with Gasteiger partial charge in [0.25, 0.3) is 0 Å². The lowest BCUT2D eigenvalue weighted by Crippen LogP contribution is -2.45. The van der Waals surface area contributed by atoms with E-state index >= 15 is 0 Å². The first-order valence-corrected chi connectivity index (χ1v) is 9.43. The molecule has 1 unspecified atom stereocenters. The first-order valence-electron chi connectivity index (χ1n) is 8.28. The average molecular weight is 460 g/mol. The van der Waals surface area contributed by atoms with Crippen LogP contribution in [-0.2, 0) is 6.42 Å². The third-order valence-corrected chi connectivity index (χ3v) is 5.05. The Bertz CT molecular complexity index is 653. The van der Waals surface area contributed by atoms with E-state index in [0.29, 0.717) is 12.6 Å². The Kier molecular flexibility index (Phi) is 8.10. The van der Waals surface area contributed by atoms with Crippen molar-refractivity contribution in [2.45, 2.75) is 32.2 Å². The van der Waals surface area contributed by atoms with E-state index in [4.69, 9.17) is 4.99 Å². The van der Waals surface area contributed by atoms with E-state index in [1.165, 1.54) is 24.3 Å². The first kappa shape index (κ1) is 19.3. The summed E-state index contributed by atoms with van der Waals surface area (Å²) in [6.07, 6.45) is 5.29. The molecule has 0 spiro atoms. The Hall–Kier alpha value is -1.03. The number of guanidine groups is 1. The zero-order valence-electron chi connectivity index (χ0n) is 13.9. The van der Waals surface area contributed by atoms with Crippen molar-refractivity contribution in [2.24, 2.45) is 4.99 Å². The summed E-state index contributed by atoms with van der Waals surface area (Å²) in [7, 11) is 0. The summed E-state index contributed by atoms with van der Waals surface area (Å²) in [5.74, 6) is 4.31. The maximum atomic E-state index is 4.69. The lowest BCUT2D eigenvalue weighted by atomic mass is 10.2. The summed E-state index contributed by atoms with van der Waals surface area (Å²) in [6, 6.07) is 6.46. The molecule has 2 aromatic heterocycles. The summed E-state index contributed by atoms with van der Waals surface area (Å²) in [4.78, 5) is 4.69. The number of hydrogen-bond acceptors (Lipinski definition) is 4. The molecular weight excluding hydrogens is 435 g/mol. The predicted molar refractivity (Wildman–Crippen MR) is 112 cm³/mol. The second-order valence-electron chi connectivity index (χ2n) is 5.61. The van der Waals surface area contributed by atoms with Gasteiger partial charge in [0.05, 0.1) is 0 Å². The molecule has 3 heterocycles. The maximum absolute atomic E-state index is 4.69. The molecule has 0 aromatic carbocycles. The molecule has 1 aliphatic heterocycles. The normalized spacial score (nSPS) is 18.2. The number of nitrogens with zero attached hydrogens (tertiary/aromatic N) is 4. The van der Waals surface area contributed by atoms with E-state index in [1.807, 2.05) is 40.6 Å². The van der Waals surface area contributed by atoms with Crippen molar-refractivity contribution in [3.05, 3.63) is 30.2 Å². The molecule has 132 valence electrons. The number of thioether (sulfide) groups is 1. The van der Waals surface area contributed by atoms with Gasteiger partial charge in [0.2, 0.25) is 0 Å². The number of fused-ring (bicyclic) bond motifs is 1. The van der Waals surface area contributed by atoms with Gasteiger partial charge < -0.3 is 10.6 Å². The van der Waals surface area contributed by atoms with Gasteiger partial charge in [0.1, 0.15) is 5.82 Å². The van der Waals surface area contributed by atoms with Crippen molar-refractivity contribution < 1.29 is 0 Å². The van der Waals surface area contributed by atoms with E-state index in [1.54, 1.807) is 0 Å². The quantitative estimate of drug-likeness (QED) is 0.408. The molecule has 1 fully saturated rings. The van der Waals surface area contributed by atoms with Crippen molar-refractivity contribution in [1.29, 1.82) is 0 Å². The topological polar surface area (TPSA) is 66.6 Å². The van der Waals surface area contributed by atoms with Gasteiger partial charge >= 0.3 is 0 Å². The highest BCUT2D eigenvalue weighted by Crippen LogP contribution is 2.16. The smallest absolute Gasteiger partial charge is 0.191 e. The lowest BCUT2D eigenvalue weighted by Gasteiger charge is -2.24. The van der Waals surface area contributed by atoms with Crippen LogP contribution in [-0.4, -0.2) is 51.2 Å². The zero-order valence-corrected chi connectivity index (χ0v) is 17.1. The van der Waals surface area contributed by atoms with Crippen LogP contribution in [0.15, 0.2) is 29.4 Å². The number of nitrogens with one attached hydrogen (secondary N) is 2. The standard InChI is InChI=1S/C16H24N6S.HI/c1-2-17-16(19-13-6-5-11-23-12-13)18-9-8-15-21-20-14-7-3-4-10-22(14)15;/h3-4,7,10,13H,2,5-6,8-9,11-12H2,1H3,(H2,17,18,19);1H. The Morgan fingerprint density at radius 1 is 1.42 bits per heavy atom. The van der Waals surface area contributed by atoms with Crippen molar-refractivity contribution in [3.63, 3.8) is 0 Å². The van der Waals surface area contributed by atoms with E-state index in [0.717, 1.165) is 30.4 Å². The SMILES string of the molecule is CCNC(=NCCc1nnc2ccccn12)NC1CCCSC1.I. The van der Waals surface area contributed by atoms with E-state index < -0.39 is 0 Å². The predicted octanol–water partition coefficient (Wildman–Crippen LogP) is 2.34. The van der Waals surface area contributed by atoms with E-state index in [9.17, 15) is 0 Å². The molecule has 1 aliphatic rings. The number of aliphatic imine (C=N–C) groups is 1. The molecule has 8 heteroatoms. The lowest BCUT2D eigenvalue weighted by molar-refractivity contribution is 0.582. The van der Waals surface area contributed by atoms with Crippen molar-refractivity contribution in [2.75, 3.05) is 24.6 Å². The fraction of sp³-hybridized carbons (Fsp3) is 0.562. The van der Waals surface area contributed by atoms with Crippen LogP contribution >= 0.6 is 35.7 Å². The summed E-state index contributed by atoms with van der Waals surface area (Å²) in [5.41, 5.74) is 0.885. The second-order valence-corrected chi connectivity index (χ2v) is 6.76. The Labute approximate surface area is 164 Å². The molecule has 0 amide bonds. The molecule has 1 saturated heterocycles. The highest BCUT2D eigenvalue weighted by atomic mass is 127. The van der Waals surface area contributed by atoms with Crippen LogP contribution in [0.25, 0.3) is 5.65 Å². The zero-order chi connectivity index (χ0) is 15.9. The third kappa shape index (κ3) is 5.23. The van der Waals surface area contributed by atoms with Crippen LogP contribution in [0.1, 0.15) is 25.6 Å². The summed E-state index contributed by atoms with van der Waals surface area (Å²) in [5, 5.41) is 15.3. The average Bonchev–Trinajstić information content (AvgIpc) is 2.99. The summed E-state index contributed by atoms with van der Waals surface area (Å²) in [6.45, 7) is 3.67. The fourth-order valence-electron chi connectivity index (χ4n) is 2.70. The minimum Gasteiger partial charge on any atom is -0.357 e. The largest absolute Gasteiger partial charge is 0.357 e. The fourth-order valence-corrected chi connectivity index (χ4v) is 3.77. The second kappa shape index (κ2) is 10.1. The number of pyridine rings is 1. The van der Waals surface area contributed by atoms with Crippen molar-refractivity contribution >= 4 is 47.3 Å². The number of rotatable bonds is 5. The monoisotopic (exact) mass is 460 g/mol. The highest BCUT2D eigenvalue weighted by molar-refractivity contribution is 14.0. The summed E-state index contributed by atoms with van der Waals surface area (Å²) < 4.78 is 2.02. The Morgan fingerprint density at radius 2 is 2.33 bits per heavy atom. The number of aromatic nitrogens is 3. The van der Waals surface area contributed by atoms with Crippen LogP contribution < -0.4 is 10.6 Å². The van der Waals surface area contributed by atoms with E-state index in [-0.39, 0.29) is 24.0 Å². The van der Waals surface area contributed by atoms with E-state index in [2.05, 4.69) is 27.8 Å². The van der Waals surface area contributed by atoms with Crippen molar-refractivity contribution in [3.8, 4) is 0 Å². The van der Waals surface area contributed by atoms with Gasteiger partial charge in [0, 0.05) is 37.5 Å². The first-order chi connectivity index (χ1) is 11.4. The summed E-state index contributed by atoms with van der Waals surface area (Å²) >= 11 is 2.02. The number of halogens is 1. The molecule has 1 atom stereocenters. The van der Waals surface area contributed by atoms with Crippen LogP contribution in [0.4, 0.5) is 0 Å². The van der Waals surface area contributed by atoms with Gasteiger partial charge in [-0.15, -0.1) is 34.2 Å². The molecule has 0 bridgehead atoms. The molecule has 2 N–H and O–H groups in total. The van der Waals surface area contributed by atoms with Gasteiger partial charge in [-0.25, -0.2) is 0 Å². The van der Waals surface area contributed by atoms with Gasteiger partial charge in [-0.3, -0.25) is 9.39 Å². The van der Waals surface area contributed by atoms with Crippen LogP contribution in [0.5, 0.6) is 0 Å². The molecule has 0 saturated carbocycles. The Morgan fingerprint density at radius 3 is 3.12 bits per heavy atom. The molecule has 2 aromatic rings. The number of hydrogen-bond donors (Lipinski definition) is 2. The third-order valence-electron chi connectivity index (χ3n) is 3.84. The Balaban J connectivity index is 0.00000208. The maximum Gasteiger partial charge on any atom is 0.191 e. The van der Waals surface area contributed by atoms with Gasteiger partial charge in [-0.1, -0.05) is 6.07 Å². The molecule has 0 radical (unpaired) electrons. The minimum absolute atomic E-state index is 0. The molecule has 3 rings (SSSR count). The highest BCUT2D eigenvalue weighted by Gasteiger charge is 2.14. The van der Waals surface area contributed by atoms with Crippen molar-refractivity contribution in [1.82, 2.24) is 25.2 Å². The van der Waals surface area contributed by atoms with Gasteiger partial charge in [-0.05, 0) is 37.7 Å². The molecule has 0 aliphatic carbocycles. The van der Waals surface area contributed by atoms with Crippen LogP contribution in [0.2, 0.25) is 0 Å².